The van der Waals surface area contributed by atoms with Crippen LogP contribution < -0.4 is 4.89 Å². The minimum atomic E-state index is -3.65. The van der Waals surface area contributed by atoms with Crippen LogP contribution in [0.4, 0.5) is 0 Å². The Morgan fingerprint density at radius 3 is 2.29 bits per heavy atom. The fourth-order valence-electron chi connectivity index (χ4n) is 1.10. The van der Waals surface area contributed by atoms with E-state index in [-0.39, 0.29) is 5.75 Å². The second kappa shape index (κ2) is 6.13. The molecule has 5 nitrogen and oxygen atoms in total. The first-order valence-corrected chi connectivity index (χ1v) is 7.51. The van der Waals surface area contributed by atoms with Gasteiger partial charge in [-0.25, -0.2) is 8.42 Å². The van der Waals surface area contributed by atoms with Gasteiger partial charge in [-0.2, -0.15) is 0 Å². The Balaban J connectivity index is 2.66. The lowest BCUT2D eigenvalue weighted by Crippen LogP contribution is -2.27. The van der Waals surface area contributed by atoms with Crippen molar-refractivity contribution in [2.75, 3.05) is 0 Å². The van der Waals surface area contributed by atoms with Crippen molar-refractivity contribution in [1.82, 2.24) is 4.89 Å². The highest BCUT2D eigenvalue weighted by Crippen LogP contribution is 2.10. The number of carbonyl (C=O) groups excluding carboxylic acids is 1. The first kappa shape index (κ1) is 14.1. The molecular formula is C10H12BrNO4S. The maximum atomic E-state index is 11.5. The summed E-state index contributed by atoms with van der Waals surface area (Å²) in [6.07, 6.45) is 0. The summed E-state index contributed by atoms with van der Waals surface area (Å²) < 4.78 is 22.9. The Morgan fingerprint density at radius 1 is 1.29 bits per heavy atom. The van der Waals surface area contributed by atoms with Crippen LogP contribution in [-0.4, -0.2) is 14.4 Å². The molecule has 1 aromatic rings. The molecular weight excluding hydrogens is 310 g/mol. The van der Waals surface area contributed by atoms with Gasteiger partial charge in [0.25, 0.3) is 0 Å². The van der Waals surface area contributed by atoms with Crippen LogP contribution in [0.2, 0.25) is 0 Å². The molecule has 1 N–H and O–H groups in total. The van der Waals surface area contributed by atoms with Crippen LogP contribution in [0.3, 0.4) is 0 Å². The first-order chi connectivity index (χ1) is 7.93. The van der Waals surface area contributed by atoms with Crippen molar-refractivity contribution >= 4 is 31.9 Å². The quantitative estimate of drug-likeness (QED) is 0.658. The molecule has 94 valence electrons. The van der Waals surface area contributed by atoms with E-state index < -0.39 is 16.0 Å². The van der Waals surface area contributed by atoms with E-state index in [0.717, 1.165) is 12.5 Å². The number of benzene rings is 1. The van der Waals surface area contributed by atoms with E-state index in [1.54, 1.807) is 17.0 Å². The number of rotatable bonds is 5. The second-order valence-corrected chi connectivity index (χ2v) is 5.63. The summed E-state index contributed by atoms with van der Waals surface area (Å²) in [4.78, 5) is 16.5. The van der Waals surface area contributed by atoms with Gasteiger partial charge in [0, 0.05) is 12.3 Å². The number of carbonyl (C=O) groups is 1. The van der Waals surface area contributed by atoms with Crippen molar-refractivity contribution in [3.05, 3.63) is 35.4 Å². The molecule has 1 aromatic carbocycles. The molecule has 0 amide bonds. The van der Waals surface area contributed by atoms with E-state index in [1.165, 1.54) is 0 Å². The highest BCUT2D eigenvalue weighted by atomic mass is 79.9. The molecule has 0 saturated heterocycles. The van der Waals surface area contributed by atoms with Crippen LogP contribution in [0.15, 0.2) is 24.3 Å². The predicted octanol–water partition coefficient (Wildman–Crippen LogP) is 1.48. The van der Waals surface area contributed by atoms with Gasteiger partial charge < -0.3 is 4.84 Å². The van der Waals surface area contributed by atoms with Gasteiger partial charge in [-0.15, -0.1) is 0 Å². The summed E-state index contributed by atoms with van der Waals surface area (Å²) >= 11 is 3.30. The third kappa shape index (κ3) is 5.29. The molecule has 0 aliphatic rings. The number of halogens is 1. The van der Waals surface area contributed by atoms with Crippen molar-refractivity contribution in [2.24, 2.45) is 0 Å². The SMILES string of the molecule is CC(=O)ONS(=O)(=O)Cc1ccc(CBr)cc1. The van der Waals surface area contributed by atoms with Gasteiger partial charge in [0.05, 0.1) is 5.75 Å². The lowest BCUT2D eigenvalue weighted by molar-refractivity contribution is -0.144. The summed E-state index contributed by atoms with van der Waals surface area (Å²) in [5, 5.41) is 0.714. The lowest BCUT2D eigenvalue weighted by Gasteiger charge is -2.05. The Morgan fingerprint density at radius 2 is 1.82 bits per heavy atom. The molecule has 7 heteroatoms. The Bertz CT molecular complexity index is 484. The molecule has 0 aromatic heterocycles. The van der Waals surface area contributed by atoms with Crippen LogP contribution in [0.5, 0.6) is 0 Å². The molecule has 0 atom stereocenters. The zero-order valence-corrected chi connectivity index (χ0v) is 11.5. The summed E-state index contributed by atoms with van der Waals surface area (Å²) in [7, 11) is -3.65. The average molecular weight is 322 g/mol. The Kier molecular flexibility index (Phi) is 5.10. The summed E-state index contributed by atoms with van der Waals surface area (Å²) in [6.45, 7) is 1.12. The van der Waals surface area contributed by atoms with Crippen LogP contribution in [-0.2, 0) is 30.7 Å². The van der Waals surface area contributed by atoms with E-state index >= 15 is 0 Å². The topological polar surface area (TPSA) is 72.5 Å². The van der Waals surface area contributed by atoms with Crippen molar-refractivity contribution in [3.8, 4) is 0 Å². The smallest absolute Gasteiger partial charge is 0.323 e. The van der Waals surface area contributed by atoms with Gasteiger partial charge in [-0.3, -0.25) is 4.79 Å². The van der Waals surface area contributed by atoms with Gasteiger partial charge in [0.15, 0.2) is 0 Å². The van der Waals surface area contributed by atoms with E-state index in [4.69, 9.17) is 0 Å². The standard InChI is InChI=1S/C10H12BrNO4S/c1-8(13)16-12-17(14,15)7-10-4-2-9(6-11)3-5-10/h2-5,12H,6-7H2,1H3. The highest BCUT2D eigenvalue weighted by molar-refractivity contribution is 9.08. The van der Waals surface area contributed by atoms with Gasteiger partial charge in [-0.1, -0.05) is 40.2 Å². The number of hydrogen-bond acceptors (Lipinski definition) is 4. The molecule has 0 fully saturated rings. The fourth-order valence-corrected chi connectivity index (χ4v) is 2.40. The van der Waals surface area contributed by atoms with E-state index in [1.807, 2.05) is 12.1 Å². The largest absolute Gasteiger partial charge is 0.356 e. The normalized spacial score (nSPS) is 11.2. The zero-order valence-electron chi connectivity index (χ0n) is 9.14. The maximum absolute atomic E-state index is 11.5. The Hall–Kier alpha value is -0.920. The summed E-state index contributed by atoms with van der Waals surface area (Å²) in [6, 6.07) is 7.07. The molecule has 0 aliphatic heterocycles. The van der Waals surface area contributed by atoms with Crippen molar-refractivity contribution in [1.29, 1.82) is 0 Å². The van der Waals surface area contributed by atoms with Crippen LogP contribution >= 0.6 is 15.9 Å². The van der Waals surface area contributed by atoms with Crippen molar-refractivity contribution in [3.63, 3.8) is 0 Å². The number of hydrogen-bond donors (Lipinski definition) is 1. The molecule has 0 unspecified atom stereocenters. The Labute approximate surface area is 108 Å². The number of sulfonamides is 1. The molecule has 0 bridgehead atoms. The van der Waals surface area contributed by atoms with Gasteiger partial charge >= 0.3 is 5.97 Å². The minimum Gasteiger partial charge on any atom is -0.356 e. The summed E-state index contributed by atoms with van der Waals surface area (Å²) in [5.41, 5.74) is 1.67. The second-order valence-electron chi connectivity index (χ2n) is 3.39. The van der Waals surface area contributed by atoms with Gasteiger partial charge in [0.2, 0.25) is 10.0 Å². The monoisotopic (exact) mass is 321 g/mol. The van der Waals surface area contributed by atoms with Gasteiger partial charge in [-0.05, 0) is 16.0 Å². The van der Waals surface area contributed by atoms with Crippen LogP contribution in [0.1, 0.15) is 18.1 Å². The molecule has 0 heterocycles. The lowest BCUT2D eigenvalue weighted by atomic mass is 10.2. The zero-order chi connectivity index (χ0) is 12.9. The molecule has 1 rings (SSSR count). The van der Waals surface area contributed by atoms with E-state index in [2.05, 4.69) is 20.8 Å². The molecule has 17 heavy (non-hydrogen) atoms. The highest BCUT2D eigenvalue weighted by Gasteiger charge is 2.12. The van der Waals surface area contributed by atoms with E-state index in [9.17, 15) is 13.2 Å². The van der Waals surface area contributed by atoms with Crippen molar-refractivity contribution < 1.29 is 18.0 Å². The van der Waals surface area contributed by atoms with Crippen LogP contribution in [0.25, 0.3) is 0 Å². The third-order valence-corrected chi connectivity index (χ3v) is 3.54. The van der Waals surface area contributed by atoms with Crippen molar-refractivity contribution in [2.45, 2.75) is 18.0 Å². The minimum absolute atomic E-state index is 0.233. The molecule has 0 saturated carbocycles. The summed E-state index contributed by atoms with van der Waals surface area (Å²) in [5.74, 6) is -0.939. The molecule has 0 spiro atoms. The number of alkyl halides is 1. The third-order valence-electron chi connectivity index (χ3n) is 1.85. The molecule has 0 aliphatic carbocycles. The van der Waals surface area contributed by atoms with E-state index in [0.29, 0.717) is 10.9 Å². The maximum Gasteiger partial charge on any atom is 0.323 e. The van der Waals surface area contributed by atoms with Crippen LogP contribution in [0, 0.1) is 0 Å². The fraction of sp³-hybridized carbons (Fsp3) is 0.300. The van der Waals surface area contributed by atoms with Gasteiger partial charge in [0.1, 0.15) is 0 Å². The molecule has 0 radical (unpaired) electrons. The predicted molar refractivity (Wildman–Crippen MR) is 66.6 cm³/mol. The number of nitrogens with one attached hydrogen (secondary N) is 1. The first-order valence-electron chi connectivity index (χ1n) is 4.73. The average Bonchev–Trinajstić information content (AvgIpc) is 2.27.